The fraction of sp³-hybridized carbons (Fsp3) is 0.227. The van der Waals surface area contributed by atoms with Gasteiger partial charge in [0.2, 0.25) is 17.7 Å². The van der Waals surface area contributed by atoms with Crippen LogP contribution in [0.2, 0.25) is 0 Å². The van der Waals surface area contributed by atoms with Gasteiger partial charge in [-0.05, 0) is 36.8 Å². The van der Waals surface area contributed by atoms with Crippen LogP contribution in [0.25, 0.3) is 22.2 Å². The maximum absolute atomic E-state index is 12.1. The molecule has 0 fully saturated rings. The van der Waals surface area contributed by atoms with Gasteiger partial charge in [0.05, 0.1) is 5.39 Å². The average Bonchev–Trinajstić information content (AvgIpc) is 3.28. The van der Waals surface area contributed by atoms with Crippen LogP contribution in [-0.4, -0.2) is 44.5 Å². The van der Waals surface area contributed by atoms with Gasteiger partial charge in [0.25, 0.3) is 5.56 Å². The predicted octanol–water partition coefficient (Wildman–Crippen LogP) is 2.23. The summed E-state index contributed by atoms with van der Waals surface area (Å²) in [5.41, 5.74) is 0.470. The van der Waals surface area contributed by atoms with E-state index < -0.39 is 0 Å². The van der Waals surface area contributed by atoms with Crippen LogP contribution in [0.15, 0.2) is 57.7 Å². The number of H-pyrrole nitrogens is 1. The maximum Gasteiger partial charge on any atom is 0.272 e. The number of phenols is 1. The summed E-state index contributed by atoms with van der Waals surface area (Å²) in [6.07, 6.45) is 1.26. The number of rotatable bonds is 9. The highest BCUT2D eigenvalue weighted by Gasteiger charge is 2.11. The first-order valence-corrected chi connectivity index (χ1v) is 10.2. The van der Waals surface area contributed by atoms with Crippen LogP contribution in [0.5, 0.6) is 5.75 Å². The number of nitrogens with one attached hydrogen (secondary N) is 3. The number of benzene rings is 2. The third-order valence-electron chi connectivity index (χ3n) is 4.81. The Hall–Kier alpha value is -4.21. The lowest BCUT2D eigenvalue weighted by Crippen LogP contribution is -2.26. The number of amides is 1. The molecule has 0 unspecified atom stereocenters. The van der Waals surface area contributed by atoms with Crippen LogP contribution in [0.3, 0.4) is 0 Å². The van der Waals surface area contributed by atoms with Crippen molar-refractivity contribution in [3.8, 4) is 17.2 Å². The summed E-state index contributed by atoms with van der Waals surface area (Å²) in [6.45, 7) is 1.08. The van der Waals surface area contributed by atoms with E-state index in [1.54, 1.807) is 24.3 Å². The van der Waals surface area contributed by atoms with Gasteiger partial charge in [0.15, 0.2) is 5.82 Å². The Kier molecular flexibility index (Phi) is 6.40. The number of aromatic nitrogens is 4. The van der Waals surface area contributed by atoms with Crippen LogP contribution in [-0.2, 0) is 11.2 Å². The number of aryl methyl sites for hydroxylation is 1. The van der Waals surface area contributed by atoms with Crippen molar-refractivity contribution in [1.82, 2.24) is 25.7 Å². The molecule has 0 saturated carbocycles. The van der Waals surface area contributed by atoms with Gasteiger partial charge in [-0.2, -0.15) is 5.10 Å². The summed E-state index contributed by atoms with van der Waals surface area (Å²) in [5, 5.41) is 31.2. The molecule has 0 radical (unpaired) electrons. The van der Waals surface area contributed by atoms with Crippen LogP contribution < -0.4 is 16.2 Å². The van der Waals surface area contributed by atoms with Gasteiger partial charge in [-0.15, -0.1) is 10.2 Å². The first-order chi connectivity index (χ1) is 15.6. The minimum Gasteiger partial charge on any atom is -0.508 e. The first-order valence-electron chi connectivity index (χ1n) is 10.2. The zero-order chi connectivity index (χ0) is 22.3. The molecule has 0 aliphatic rings. The third-order valence-corrected chi connectivity index (χ3v) is 4.81. The molecular weight excluding hydrogens is 412 g/mol. The molecule has 0 aliphatic heterocycles. The first kappa shape index (κ1) is 21.0. The van der Waals surface area contributed by atoms with E-state index in [1.807, 2.05) is 12.1 Å². The minimum atomic E-state index is -0.227. The molecule has 4 N–H and O–H groups in total. The fourth-order valence-corrected chi connectivity index (χ4v) is 3.16. The number of hydrogen-bond acceptors (Lipinski definition) is 8. The zero-order valence-electron chi connectivity index (χ0n) is 17.2. The molecule has 10 nitrogen and oxygen atoms in total. The molecule has 164 valence electrons. The van der Waals surface area contributed by atoms with Gasteiger partial charge in [0.1, 0.15) is 5.75 Å². The van der Waals surface area contributed by atoms with E-state index >= 15 is 0 Å². The monoisotopic (exact) mass is 434 g/mol. The smallest absolute Gasteiger partial charge is 0.272 e. The topological polar surface area (TPSA) is 146 Å². The van der Waals surface area contributed by atoms with Crippen molar-refractivity contribution in [2.24, 2.45) is 0 Å². The molecule has 0 spiro atoms. The highest BCUT2D eigenvalue weighted by Crippen LogP contribution is 2.21. The van der Waals surface area contributed by atoms with Crippen molar-refractivity contribution in [3.63, 3.8) is 0 Å². The molecule has 1 amide bonds. The van der Waals surface area contributed by atoms with E-state index in [1.165, 1.54) is 12.1 Å². The number of anilines is 1. The van der Waals surface area contributed by atoms with E-state index in [0.29, 0.717) is 54.5 Å². The summed E-state index contributed by atoms with van der Waals surface area (Å²) >= 11 is 0. The molecule has 32 heavy (non-hydrogen) atoms. The van der Waals surface area contributed by atoms with Crippen molar-refractivity contribution in [2.75, 3.05) is 18.4 Å². The summed E-state index contributed by atoms with van der Waals surface area (Å²) in [7, 11) is 0. The van der Waals surface area contributed by atoms with Gasteiger partial charge >= 0.3 is 0 Å². The molecule has 4 aromatic rings. The van der Waals surface area contributed by atoms with Crippen molar-refractivity contribution in [2.45, 2.75) is 19.3 Å². The highest BCUT2D eigenvalue weighted by molar-refractivity contribution is 5.90. The van der Waals surface area contributed by atoms with Crippen LogP contribution >= 0.6 is 0 Å². The number of carbonyl (C=O) groups is 1. The number of nitrogens with zero attached hydrogens (tertiary/aromatic N) is 3. The van der Waals surface area contributed by atoms with Crippen molar-refractivity contribution in [1.29, 1.82) is 0 Å². The number of hydrogen-bond donors (Lipinski definition) is 4. The van der Waals surface area contributed by atoms with Gasteiger partial charge < -0.3 is 20.2 Å². The number of phenolic OH excluding ortho intramolecular Hbond substituents is 1. The lowest BCUT2D eigenvalue weighted by molar-refractivity contribution is -0.121. The number of fused-ring (bicyclic) bond motifs is 1. The highest BCUT2D eigenvalue weighted by atomic mass is 16.4. The fourth-order valence-electron chi connectivity index (χ4n) is 3.16. The Morgan fingerprint density at radius 3 is 2.62 bits per heavy atom. The molecule has 10 heteroatoms. The quantitative estimate of drug-likeness (QED) is 0.293. The van der Waals surface area contributed by atoms with E-state index in [0.717, 1.165) is 5.39 Å². The summed E-state index contributed by atoms with van der Waals surface area (Å²) in [5.74, 6) is 1.37. The second-order valence-corrected chi connectivity index (χ2v) is 7.13. The zero-order valence-corrected chi connectivity index (χ0v) is 17.2. The SMILES string of the molecule is O=C(CCc1nnc(-c2ccc(O)cc2)o1)NCCCNc1n[nH]c(=O)c2ccccc12. The van der Waals surface area contributed by atoms with Crippen LogP contribution in [0.1, 0.15) is 18.7 Å². The molecule has 2 heterocycles. The lowest BCUT2D eigenvalue weighted by atomic mass is 10.2. The van der Waals surface area contributed by atoms with Gasteiger partial charge in [0, 0.05) is 36.9 Å². The normalized spacial score (nSPS) is 10.9. The third kappa shape index (κ3) is 5.09. The second-order valence-electron chi connectivity index (χ2n) is 7.13. The van der Waals surface area contributed by atoms with Gasteiger partial charge in [-0.25, -0.2) is 5.10 Å². The minimum absolute atomic E-state index is 0.109. The van der Waals surface area contributed by atoms with Crippen molar-refractivity contribution in [3.05, 3.63) is 64.8 Å². The Balaban J connectivity index is 1.18. The summed E-state index contributed by atoms with van der Waals surface area (Å²) < 4.78 is 5.57. The van der Waals surface area contributed by atoms with E-state index in [4.69, 9.17) is 4.42 Å². The van der Waals surface area contributed by atoms with E-state index in [-0.39, 0.29) is 23.6 Å². The standard InChI is InChI=1S/C22H22N6O4/c29-15-8-6-14(7-9-15)22-28-25-19(32-22)11-10-18(30)23-12-3-13-24-20-16-4-1-2-5-17(16)21(31)27-26-20/h1-2,4-9,29H,3,10-13H2,(H,23,30)(H,24,26)(H,27,31). The van der Waals surface area contributed by atoms with E-state index in [9.17, 15) is 14.7 Å². The number of carbonyl (C=O) groups excluding carboxylic acids is 1. The second kappa shape index (κ2) is 9.73. The van der Waals surface area contributed by atoms with Crippen molar-refractivity contribution >= 4 is 22.5 Å². The maximum atomic E-state index is 12.1. The predicted molar refractivity (Wildman–Crippen MR) is 118 cm³/mol. The number of aromatic amines is 1. The van der Waals surface area contributed by atoms with Crippen molar-refractivity contribution < 1.29 is 14.3 Å². The molecule has 4 rings (SSSR count). The molecule has 0 bridgehead atoms. The van der Waals surface area contributed by atoms with Crippen LogP contribution in [0.4, 0.5) is 5.82 Å². The van der Waals surface area contributed by atoms with Gasteiger partial charge in [-0.3, -0.25) is 9.59 Å². The van der Waals surface area contributed by atoms with E-state index in [2.05, 4.69) is 31.0 Å². The van der Waals surface area contributed by atoms with Crippen LogP contribution in [0, 0.1) is 0 Å². The Bertz CT molecular complexity index is 1270. The Morgan fingerprint density at radius 1 is 1.03 bits per heavy atom. The molecule has 0 aliphatic carbocycles. The molecule has 2 aromatic carbocycles. The Labute approximate surface area is 182 Å². The lowest BCUT2D eigenvalue weighted by Gasteiger charge is -2.08. The number of aromatic hydroxyl groups is 1. The summed E-state index contributed by atoms with van der Waals surface area (Å²) in [6, 6.07) is 13.7. The molecule has 0 atom stereocenters. The molecular formula is C22H22N6O4. The average molecular weight is 434 g/mol. The Morgan fingerprint density at radius 2 is 1.81 bits per heavy atom. The van der Waals surface area contributed by atoms with Gasteiger partial charge in [-0.1, -0.05) is 18.2 Å². The molecule has 2 aromatic heterocycles. The molecule has 0 saturated heterocycles. The largest absolute Gasteiger partial charge is 0.508 e. The summed E-state index contributed by atoms with van der Waals surface area (Å²) in [4.78, 5) is 23.9.